The molecule has 0 radical (unpaired) electrons. The number of nitrogens with two attached hydrogens (primary N) is 1. The molecule has 0 aliphatic carbocycles. The van der Waals surface area contributed by atoms with Gasteiger partial charge in [-0.1, -0.05) is 19.8 Å². The zero-order valence-electron chi connectivity index (χ0n) is 19.6. The summed E-state index contributed by atoms with van der Waals surface area (Å²) in [5.41, 5.74) is 5.96. The number of carbonyl (C=O) groups excluding carboxylic acids is 1. The van der Waals surface area contributed by atoms with Gasteiger partial charge in [-0.2, -0.15) is 0 Å². The molecule has 0 spiro atoms. The van der Waals surface area contributed by atoms with Crippen molar-refractivity contribution < 1.29 is 27.4 Å². The van der Waals surface area contributed by atoms with Crippen LogP contribution >= 0.6 is 0 Å². The molecule has 0 unspecified atom stereocenters. The van der Waals surface area contributed by atoms with Crippen molar-refractivity contribution in [1.82, 2.24) is 9.97 Å². The molecule has 1 aromatic carbocycles. The van der Waals surface area contributed by atoms with Crippen LogP contribution in [0.3, 0.4) is 0 Å². The number of aliphatic imine (C=N–C) groups is 1. The molecular weight excluding hydrogens is 451 g/mol. The number of ether oxygens (including phenoxy) is 2. The van der Waals surface area contributed by atoms with Crippen LogP contribution in [0.15, 0.2) is 41.7 Å². The third-order valence-corrected chi connectivity index (χ3v) is 3.43. The smallest absolute Gasteiger partial charge is 0.275 e. The summed E-state index contributed by atoms with van der Waals surface area (Å²) in [6.07, 6.45) is 2.64. The molecule has 186 valence electrons. The summed E-state index contributed by atoms with van der Waals surface area (Å²) in [5, 5.41) is 2.59. The monoisotopic (exact) mass is 481 g/mol. The SMILES string of the molecule is CC.CC#CCOc1cnc(C(=O)Nc2ccc(F)cc2)cn1.C[C@H]1COCC(N)=N1.FCF. The molecule has 1 aliphatic rings. The number of rotatable bonds is 4. The summed E-state index contributed by atoms with van der Waals surface area (Å²) in [4.78, 5) is 23.9. The molecule has 0 fully saturated rings. The molecule has 2 heterocycles. The number of amides is 1. The molecule has 0 saturated carbocycles. The highest BCUT2D eigenvalue weighted by molar-refractivity contribution is 6.02. The number of aromatic nitrogens is 2. The third-order valence-electron chi connectivity index (χ3n) is 3.43. The number of benzene rings is 1. The minimum absolute atomic E-state index is 0.133. The van der Waals surface area contributed by atoms with E-state index in [0.717, 1.165) is 0 Å². The lowest BCUT2D eigenvalue weighted by atomic mass is 10.3. The average Bonchev–Trinajstić information content (AvgIpc) is 2.83. The minimum Gasteiger partial charge on any atom is -0.463 e. The maximum Gasteiger partial charge on any atom is 0.275 e. The Bertz CT molecular complexity index is 914. The van der Waals surface area contributed by atoms with E-state index in [2.05, 4.69) is 32.1 Å². The van der Waals surface area contributed by atoms with Crippen molar-refractivity contribution in [3.05, 3.63) is 48.2 Å². The predicted molar refractivity (Wildman–Crippen MR) is 126 cm³/mol. The van der Waals surface area contributed by atoms with Crippen LogP contribution < -0.4 is 15.8 Å². The van der Waals surface area contributed by atoms with Crippen molar-refractivity contribution in [3.8, 4) is 17.7 Å². The Labute approximate surface area is 197 Å². The fraction of sp³-hybridized carbons (Fsp3) is 0.391. The molecule has 1 aliphatic heterocycles. The van der Waals surface area contributed by atoms with E-state index < -0.39 is 12.8 Å². The molecular formula is C23H30F3N5O3. The molecule has 3 N–H and O–H groups in total. The summed E-state index contributed by atoms with van der Waals surface area (Å²) in [7, 11) is 0. The highest BCUT2D eigenvalue weighted by atomic mass is 19.3. The first-order chi connectivity index (χ1) is 16.4. The number of hydrogen-bond acceptors (Lipinski definition) is 7. The molecule has 34 heavy (non-hydrogen) atoms. The van der Waals surface area contributed by atoms with Gasteiger partial charge in [-0.25, -0.2) is 23.1 Å². The zero-order chi connectivity index (χ0) is 25.8. The van der Waals surface area contributed by atoms with E-state index in [1.165, 1.54) is 36.7 Å². The number of hydrogen-bond donors (Lipinski definition) is 2. The topological polar surface area (TPSA) is 112 Å². The average molecular weight is 482 g/mol. The Balaban J connectivity index is 0.000000692. The molecule has 1 amide bonds. The normalized spacial score (nSPS) is 13.5. The Morgan fingerprint density at radius 2 is 1.88 bits per heavy atom. The maximum absolute atomic E-state index is 12.8. The van der Waals surface area contributed by atoms with Crippen molar-refractivity contribution in [2.75, 3.05) is 32.1 Å². The Morgan fingerprint density at radius 3 is 2.35 bits per heavy atom. The highest BCUT2D eigenvalue weighted by Gasteiger charge is 2.09. The number of carbonyl (C=O) groups is 1. The van der Waals surface area contributed by atoms with Crippen LogP contribution in [-0.2, 0) is 4.74 Å². The van der Waals surface area contributed by atoms with Crippen molar-refractivity contribution in [1.29, 1.82) is 0 Å². The first-order valence-corrected chi connectivity index (χ1v) is 10.3. The quantitative estimate of drug-likeness (QED) is 0.640. The Kier molecular flexibility index (Phi) is 16.9. The standard InChI is InChI=1S/C15H12FN3O2.C5H10N2O.C2H6.CH2F2/c1-2-3-8-21-14-10-17-13(9-18-14)15(20)19-12-6-4-11(16)5-7-12;1-4-2-8-3-5(6)7-4;1-2;2-1-3/h4-7,9-10H,8H2,1H3,(H,19,20);4H,2-3H2,1H3,(H2,6,7);1-2H3;1H2/t;4-;;/m.0../s1. The summed E-state index contributed by atoms with van der Waals surface area (Å²) in [6, 6.07) is 5.69. The second kappa shape index (κ2) is 18.9. The van der Waals surface area contributed by atoms with Gasteiger partial charge in [-0.3, -0.25) is 9.79 Å². The van der Waals surface area contributed by atoms with Crippen molar-refractivity contribution in [2.45, 2.75) is 33.7 Å². The number of nitrogens with zero attached hydrogens (tertiary/aromatic N) is 3. The Morgan fingerprint density at radius 1 is 1.24 bits per heavy atom. The first kappa shape index (κ1) is 30.4. The van der Waals surface area contributed by atoms with E-state index in [0.29, 0.717) is 24.7 Å². The van der Waals surface area contributed by atoms with Gasteiger partial charge in [-0.15, -0.1) is 5.92 Å². The molecule has 0 saturated heterocycles. The summed E-state index contributed by atoms with van der Waals surface area (Å²) >= 11 is 0. The van der Waals surface area contributed by atoms with Gasteiger partial charge >= 0.3 is 0 Å². The maximum atomic E-state index is 12.8. The minimum atomic E-state index is -1.75. The third kappa shape index (κ3) is 13.7. The van der Waals surface area contributed by atoms with E-state index in [9.17, 15) is 18.0 Å². The molecule has 1 aromatic heterocycles. The van der Waals surface area contributed by atoms with Gasteiger partial charge < -0.3 is 20.5 Å². The van der Waals surface area contributed by atoms with E-state index >= 15 is 0 Å². The number of halogens is 3. The number of anilines is 1. The van der Waals surface area contributed by atoms with E-state index in [4.69, 9.17) is 15.2 Å². The number of nitrogens with one attached hydrogen (secondary N) is 1. The second-order valence-electron chi connectivity index (χ2n) is 6.00. The van der Waals surface area contributed by atoms with Gasteiger partial charge in [0.2, 0.25) is 12.8 Å². The summed E-state index contributed by atoms with van der Waals surface area (Å²) in [5.74, 6) is 5.50. The van der Waals surface area contributed by atoms with Crippen LogP contribution in [0.25, 0.3) is 0 Å². The van der Waals surface area contributed by atoms with Gasteiger partial charge in [0, 0.05) is 5.69 Å². The van der Waals surface area contributed by atoms with Gasteiger partial charge in [0.05, 0.1) is 25.0 Å². The van der Waals surface area contributed by atoms with Gasteiger partial charge in [0.15, 0.2) is 6.61 Å². The van der Waals surface area contributed by atoms with E-state index in [-0.39, 0.29) is 30.0 Å². The molecule has 2 aromatic rings. The van der Waals surface area contributed by atoms with Crippen LogP contribution in [0.1, 0.15) is 38.2 Å². The van der Waals surface area contributed by atoms with Crippen LogP contribution in [0.4, 0.5) is 18.9 Å². The Hall–Kier alpha value is -3.65. The highest BCUT2D eigenvalue weighted by Crippen LogP contribution is 2.10. The number of alkyl halides is 2. The lowest BCUT2D eigenvalue weighted by Gasteiger charge is -2.13. The molecule has 8 nitrogen and oxygen atoms in total. The van der Waals surface area contributed by atoms with Gasteiger partial charge in [-0.05, 0) is 38.1 Å². The predicted octanol–water partition coefficient (Wildman–Crippen LogP) is 3.94. The molecule has 0 bridgehead atoms. The van der Waals surface area contributed by atoms with E-state index in [1.807, 2.05) is 20.8 Å². The lowest BCUT2D eigenvalue weighted by molar-refractivity contribution is 0.102. The van der Waals surface area contributed by atoms with Crippen LogP contribution in [-0.4, -0.2) is 54.5 Å². The molecule has 3 rings (SSSR count). The molecule has 11 heteroatoms. The van der Waals surface area contributed by atoms with Crippen molar-refractivity contribution in [3.63, 3.8) is 0 Å². The summed E-state index contributed by atoms with van der Waals surface area (Å²) < 4.78 is 42.2. The van der Waals surface area contributed by atoms with Crippen LogP contribution in [0.2, 0.25) is 0 Å². The lowest BCUT2D eigenvalue weighted by Crippen LogP contribution is -2.29. The van der Waals surface area contributed by atoms with Crippen molar-refractivity contribution >= 4 is 17.4 Å². The number of amidine groups is 1. The van der Waals surface area contributed by atoms with E-state index in [1.54, 1.807) is 6.92 Å². The van der Waals surface area contributed by atoms with Gasteiger partial charge in [0.25, 0.3) is 5.91 Å². The first-order valence-electron chi connectivity index (χ1n) is 10.3. The second-order valence-corrected chi connectivity index (χ2v) is 6.00. The fourth-order valence-corrected chi connectivity index (χ4v) is 2.11. The van der Waals surface area contributed by atoms with Crippen molar-refractivity contribution in [2.24, 2.45) is 10.7 Å². The van der Waals surface area contributed by atoms with Gasteiger partial charge in [0.1, 0.15) is 24.0 Å². The fourth-order valence-electron chi connectivity index (χ4n) is 2.11. The van der Waals surface area contributed by atoms with Crippen LogP contribution in [0, 0.1) is 17.7 Å². The summed E-state index contributed by atoms with van der Waals surface area (Å²) in [6.45, 7) is 7.36. The molecule has 1 atom stereocenters. The van der Waals surface area contributed by atoms with Crippen LogP contribution in [0.5, 0.6) is 5.88 Å². The zero-order valence-corrected chi connectivity index (χ0v) is 19.6. The largest absolute Gasteiger partial charge is 0.463 e.